The molecule has 0 spiro atoms. The number of nitrogens with zero attached hydrogens (tertiary/aromatic N) is 1. The number of hydrogen-bond acceptors (Lipinski definition) is 2. The summed E-state index contributed by atoms with van der Waals surface area (Å²) in [6.45, 7) is 0. The SMILES string of the molecule is BrCCc1ccc2c(Oc3ccccc3)nccc2c1. The first-order chi connectivity index (χ1) is 9.86. The van der Waals surface area contributed by atoms with E-state index in [4.69, 9.17) is 4.74 Å². The minimum absolute atomic E-state index is 0.652. The number of aryl methyl sites for hydroxylation is 1. The first-order valence-electron chi connectivity index (χ1n) is 6.53. The fourth-order valence-electron chi connectivity index (χ4n) is 2.15. The fraction of sp³-hybridized carbons (Fsp3) is 0.118. The van der Waals surface area contributed by atoms with Gasteiger partial charge in [-0.2, -0.15) is 0 Å². The van der Waals surface area contributed by atoms with Gasteiger partial charge in [-0.05, 0) is 41.6 Å². The number of alkyl halides is 1. The van der Waals surface area contributed by atoms with E-state index in [0.29, 0.717) is 5.88 Å². The summed E-state index contributed by atoms with van der Waals surface area (Å²) in [5.41, 5.74) is 1.31. The van der Waals surface area contributed by atoms with Gasteiger partial charge in [0.05, 0.1) is 0 Å². The molecule has 0 saturated carbocycles. The number of hydrogen-bond donors (Lipinski definition) is 0. The molecule has 0 aliphatic rings. The van der Waals surface area contributed by atoms with E-state index < -0.39 is 0 Å². The smallest absolute Gasteiger partial charge is 0.227 e. The Balaban J connectivity index is 1.99. The highest BCUT2D eigenvalue weighted by Gasteiger charge is 2.05. The van der Waals surface area contributed by atoms with E-state index in [1.165, 1.54) is 5.56 Å². The summed E-state index contributed by atoms with van der Waals surface area (Å²) in [6, 6.07) is 18.2. The molecule has 0 N–H and O–H groups in total. The number of benzene rings is 2. The van der Waals surface area contributed by atoms with Crippen molar-refractivity contribution >= 4 is 26.7 Å². The maximum Gasteiger partial charge on any atom is 0.227 e. The van der Waals surface area contributed by atoms with Gasteiger partial charge < -0.3 is 4.74 Å². The largest absolute Gasteiger partial charge is 0.438 e. The molecule has 3 rings (SSSR count). The normalized spacial score (nSPS) is 10.7. The van der Waals surface area contributed by atoms with Crippen LogP contribution in [0.4, 0.5) is 0 Å². The minimum Gasteiger partial charge on any atom is -0.438 e. The second-order valence-corrected chi connectivity index (χ2v) is 5.32. The molecule has 0 aliphatic heterocycles. The summed E-state index contributed by atoms with van der Waals surface area (Å²) in [6.07, 6.45) is 2.81. The molecule has 0 fully saturated rings. The van der Waals surface area contributed by atoms with Crippen molar-refractivity contribution in [1.82, 2.24) is 4.98 Å². The van der Waals surface area contributed by atoms with Crippen LogP contribution in [0.3, 0.4) is 0 Å². The molecule has 2 aromatic carbocycles. The predicted molar refractivity (Wildman–Crippen MR) is 85.8 cm³/mol. The Morgan fingerprint density at radius 1 is 1.00 bits per heavy atom. The average Bonchev–Trinajstić information content (AvgIpc) is 2.49. The second-order valence-electron chi connectivity index (χ2n) is 4.53. The van der Waals surface area contributed by atoms with Gasteiger partial charge in [0.25, 0.3) is 0 Å². The molecular formula is C17H14BrNO. The van der Waals surface area contributed by atoms with Crippen LogP contribution in [0, 0.1) is 0 Å². The molecule has 0 radical (unpaired) electrons. The van der Waals surface area contributed by atoms with Crippen LogP contribution >= 0.6 is 15.9 Å². The number of para-hydroxylation sites is 1. The van der Waals surface area contributed by atoms with Crippen LogP contribution in [0.1, 0.15) is 5.56 Å². The number of aromatic nitrogens is 1. The zero-order valence-corrected chi connectivity index (χ0v) is 12.5. The van der Waals surface area contributed by atoms with Crippen LogP contribution in [-0.4, -0.2) is 10.3 Å². The van der Waals surface area contributed by atoms with Crippen LogP contribution in [0.5, 0.6) is 11.6 Å². The van der Waals surface area contributed by atoms with Gasteiger partial charge in [-0.25, -0.2) is 4.98 Å². The van der Waals surface area contributed by atoms with Crippen molar-refractivity contribution in [1.29, 1.82) is 0 Å². The molecule has 0 bridgehead atoms. The van der Waals surface area contributed by atoms with Crippen molar-refractivity contribution in [3.63, 3.8) is 0 Å². The molecule has 0 unspecified atom stereocenters. The van der Waals surface area contributed by atoms with Crippen molar-refractivity contribution in [2.75, 3.05) is 5.33 Å². The van der Waals surface area contributed by atoms with Crippen molar-refractivity contribution < 1.29 is 4.74 Å². The standard InChI is InChI=1S/C17H14BrNO/c18-10-8-13-6-7-16-14(12-13)9-11-19-17(16)20-15-4-2-1-3-5-15/h1-7,9,11-12H,8,10H2. The molecule has 20 heavy (non-hydrogen) atoms. The lowest BCUT2D eigenvalue weighted by Crippen LogP contribution is -1.91. The summed E-state index contributed by atoms with van der Waals surface area (Å²) in [5.74, 6) is 1.45. The van der Waals surface area contributed by atoms with Gasteiger partial charge in [-0.1, -0.05) is 46.3 Å². The monoisotopic (exact) mass is 327 g/mol. The van der Waals surface area contributed by atoms with E-state index in [2.05, 4.69) is 39.1 Å². The lowest BCUT2D eigenvalue weighted by molar-refractivity contribution is 0.469. The predicted octanol–water partition coefficient (Wildman–Crippen LogP) is 4.96. The zero-order valence-electron chi connectivity index (χ0n) is 10.9. The highest BCUT2D eigenvalue weighted by Crippen LogP contribution is 2.28. The number of ether oxygens (including phenoxy) is 1. The lowest BCUT2D eigenvalue weighted by atomic mass is 10.1. The van der Waals surface area contributed by atoms with Crippen molar-refractivity contribution in [2.45, 2.75) is 6.42 Å². The van der Waals surface area contributed by atoms with E-state index in [0.717, 1.165) is 28.3 Å². The summed E-state index contributed by atoms with van der Waals surface area (Å²) in [7, 11) is 0. The number of rotatable bonds is 4. The molecular weight excluding hydrogens is 314 g/mol. The average molecular weight is 328 g/mol. The summed E-state index contributed by atoms with van der Waals surface area (Å²) in [4.78, 5) is 4.35. The number of pyridine rings is 1. The Labute approximate surface area is 126 Å². The Hall–Kier alpha value is -1.87. The van der Waals surface area contributed by atoms with Crippen LogP contribution < -0.4 is 4.74 Å². The third kappa shape index (κ3) is 2.83. The van der Waals surface area contributed by atoms with Crippen molar-refractivity contribution in [2.24, 2.45) is 0 Å². The molecule has 3 aromatic rings. The highest BCUT2D eigenvalue weighted by molar-refractivity contribution is 9.09. The minimum atomic E-state index is 0.652. The van der Waals surface area contributed by atoms with Crippen LogP contribution in [0.15, 0.2) is 60.8 Å². The van der Waals surface area contributed by atoms with E-state index >= 15 is 0 Å². The summed E-state index contributed by atoms with van der Waals surface area (Å²) < 4.78 is 5.87. The molecule has 0 aliphatic carbocycles. The zero-order chi connectivity index (χ0) is 13.8. The molecule has 1 aromatic heterocycles. The van der Waals surface area contributed by atoms with Crippen LogP contribution in [-0.2, 0) is 6.42 Å². The van der Waals surface area contributed by atoms with Gasteiger partial charge in [0.1, 0.15) is 5.75 Å². The third-order valence-corrected chi connectivity index (χ3v) is 3.53. The number of fused-ring (bicyclic) bond motifs is 1. The van der Waals surface area contributed by atoms with Gasteiger partial charge in [0.15, 0.2) is 0 Å². The first-order valence-corrected chi connectivity index (χ1v) is 7.65. The second kappa shape index (κ2) is 6.06. The first kappa shape index (κ1) is 13.1. The quantitative estimate of drug-likeness (QED) is 0.631. The third-order valence-electron chi connectivity index (χ3n) is 3.13. The topological polar surface area (TPSA) is 22.1 Å². The highest BCUT2D eigenvalue weighted by atomic mass is 79.9. The Morgan fingerprint density at radius 2 is 1.85 bits per heavy atom. The molecule has 3 heteroatoms. The van der Waals surface area contributed by atoms with E-state index in [-0.39, 0.29) is 0 Å². The van der Waals surface area contributed by atoms with Crippen molar-refractivity contribution in [3.05, 3.63) is 66.4 Å². The van der Waals surface area contributed by atoms with E-state index in [9.17, 15) is 0 Å². The summed E-state index contributed by atoms with van der Waals surface area (Å²) >= 11 is 3.47. The van der Waals surface area contributed by atoms with Crippen LogP contribution in [0.2, 0.25) is 0 Å². The van der Waals surface area contributed by atoms with E-state index in [1.807, 2.05) is 36.4 Å². The Kier molecular flexibility index (Phi) is 3.97. The number of halogens is 1. The van der Waals surface area contributed by atoms with Gasteiger partial charge in [0, 0.05) is 16.9 Å². The fourth-order valence-corrected chi connectivity index (χ4v) is 2.60. The summed E-state index contributed by atoms with van der Waals surface area (Å²) in [5, 5.41) is 3.16. The Morgan fingerprint density at radius 3 is 2.65 bits per heavy atom. The van der Waals surface area contributed by atoms with E-state index in [1.54, 1.807) is 6.20 Å². The molecule has 100 valence electrons. The maximum atomic E-state index is 5.87. The lowest BCUT2D eigenvalue weighted by Gasteiger charge is -2.08. The Bertz CT molecular complexity index is 713. The maximum absolute atomic E-state index is 5.87. The molecule has 1 heterocycles. The van der Waals surface area contributed by atoms with Crippen LogP contribution in [0.25, 0.3) is 10.8 Å². The van der Waals surface area contributed by atoms with Crippen molar-refractivity contribution in [3.8, 4) is 11.6 Å². The van der Waals surface area contributed by atoms with Gasteiger partial charge >= 0.3 is 0 Å². The van der Waals surface area contributed by atoms with Gasteiger partial charge in [-0.15, -0.1) is 0 Å². The molecule has 2 nitrogen and oxygen atoms in total. The van der Waals surface area contributed by atoms with Gasteiger partial charge in [-0.3, -0.25) is 0 Å². The molecule has 0 amide bonds. The van der Waals surface area contributed by atoms with Gasteiger partial charge in [0.2, 0.25) is 5.88 Å². The molecule has 0 saturated heterocycles. The molecule has 0 atom stereocenters.